The number of amides is 1. The van der Waals surface area contributed by atoms with Gasteiger partial charge in [0.15, 0.2) is 0 Å². The molecule has 2 saturated heterocycles. The Hall–Kier alpha value is -2.13. The molecule has 0 aliphatic carbocycles. The minimum Gasteiger partial charge on any atom is -0.491 e. The fourth-order valence-corrected chi connectivity index (χ4v) is 4.57. The lowest BCUT2D eigenvalue weighted by atomic mass is 9.96. The van der Waals surface area contributed by atoms with E-state index in [2.05, 4.69) is 21.8 Å². The first-order chi connectivity index (χ1) is 16.5. The predicted molar refractivity (Wildman–Crippen MR) is 130 cm³/mol. The summed E-state index contributed by atoms with van der Waals surface area (Å²) >= 11 is 6.01. The number of morpholine rings is 2. The normalized spacial score (nSPS) is 21.5. The number of H-pyrrole nitrogens is 1. The Balaban J connectivity index is 1.44. The largest absolute Gasteiger partial charge is 0.491 e. The van der Waals surface area contributed by atoms with Crippen LogP contribution in [0.5, 0.6) is 5.75 Å². The van der Waals surface area contributed by atoms with E-state index in [1.807, 2.05) is 23.2 Å². The molecule has 1 aromatic heterocycles. The molecule has 2 aromatic rings. The predicted octanol–water partition coefficient (Wildman–Crippen LogP) is 3.30. The standard InChI is InChI=1S/C25H35ClN4O4/c1-2-3-4-23-27-16-21(28-23)17-29-9-14-34-25(18-29,15-24(31)30-10-12-32-13-11-30)19-33-22-7-5-20(26)6-8-22/h5-8,16H,2-4,9-15,17-19H2,1H3,(H,27,28)/t25-/m1/s1. The summed E-state index contributed by atoms with van der Waals surface area (Å²) in [5, 5.41) is 0.655. The summed E-state index contributed by atoms with van der Waals surface area (Å²) in [6, 6.07) is 7.27. The monoisotopic (exact) mass is 490 g/mol. The topological polar surface area (TPSA) is 79.9 Å². The van der Waals surface area contributed by atoms with Crippen LogP contribution in [0.3, 0.4) is 0 Å². The molecule has 1 atom stereocenters. The van der Waals surface area contributed by atoms with Crippen LogP contribution >= 0.6 is 11.6 Å². The minimum atomic E-state index is -0.738. The number of nitrogens with zero attached hydrogens (tertiary/aromatic N) is 3. The van der Waals surface area contributed by atoms with Gasteiger partial charge >= 0.3 is 0 Å². The maximum Gasteiger partial charge on any atom is 0.225 e. The lowest BCUT2D eigenvalue weighted by Gasteiger charge is -2.43. The van der Waals surface area contributed by atoms with Gasteiger partial charge in [-0.1, -0.05) is 24.9 Å². The first-order valence-electron chi connectivity index (χ1n) is 12.2. The van der Waals surface area contributed by atoms with Crippen molar-refractivity contribution in [2.45, 2.75) is 44.8 Å². The summed E-state index contributed by atoms with van der Waals surface area (Å²) in [6.07, 6.45) is 5.42. The van der Waals surface area contributed by atoms with E-state index in [-0.39, 0.29) is 18.9 Å². The number of aromatic amines is 1. The van der Waals surface area contributed by atoms with E-state index in [0.717, 1.165) is 43.9 Å². The second-order valence-corrected chi connectivity index (χ2v) is 9.55. The molecule has 34 heavy (non-hydrogen) atoms. The molecule has 1 N–H and O–H groups in total. The van der Waals surface area contributed by atoms with Crippen molar-refractivity contribution >= 4 is 17.5 Å². The average Bonchev–Trinajstić information content (AvgIpc) is 3.30. The lowest BCUT2D eigenvalue weighted by Crippen LogP contribution is -2.57. The van der Waals surface area contributed by atoms with E-state index < -0.39 is 5.60 Å². The number of nitrogens with one attached hydrogen (secondary N) is 1. The van der Waals surface area contributed by atoms with E-state index in [9.17, 15) is 4.79 Å². The van der Waals surface area contributed by atoms with E-state index in [4.69, 9.17) is 25.8 Å². The van der Waals surface area contributed by atoms with Crippen molar-refractivity contribution in [3.63, 3.8) is 0 Å². The molecule has 2 aliphatic rings. The van der Waals surface area contributed by atoms with Gasteiger partial charge in [0.25, 0.3) is 0 Å². The Morgan fingerprint density at radius 2 is 2.00 bits per heavy atom. The summed E-state index contributed by atoms with van der Waals surface area (Å²) in [5.74, 6) is 1.82. The number of carbonyl (C=O) groups excluding carboxylic acids is 1. The van der Waals surface area contributed by atoms with Crippen LogP contribution in [0.1, 0.15) is 37.7 Å². The number of halogens is 1. The summed E-state index contributed by atoms with van der Waals surface area (Å²) in [7, 11) is 0. The summed E-state index contributed by atoms with van der Waals surface area (Å²) < 4.78 is 17.8. The van der Waals surface area contributed by atoms with Crippen LogP contribution in [0.2, 0.25) is 5.02 Å². The number of unbranched alkanes of at least 4 members (excludes halogenated alkanes) is 1. The fraction of sp³-hybridized carbons (Fsp3) is 0.600. The minimum absolute atomic E-state index is 0.0771. The van der Waals surface area contributed by atoms with Crippen LogP contribution in [-0.2, 0) is 27.2 Å². The highest BCUT2D eigenvalue weighted by atomic mass is 35.5. The number of aromatic nitrogens is 2. The molecule has 3 heterocycles. The third kappa shape index (κ3) is 6.95. The molecule has 186 valence electrons. The van der Waals surface area contributed by atoms with Crippen LogP contribution in [0, 0.1) is 0 Å². The molecule has 4 rings (SSSR count). The Kier molecular flexibility index (Phi) is 8.83. The molecular formula is C25H35ClN4O4. The highest BCUT2D eigenvalue weighted by molar-refractivity contribution is 6.30. The van der Waals surface area contributed by atoms with Crippen molar-refractivity contribution in [1.29, 1.82) is 0 Å². The van der Waals surface area contributed by atoms with Crippen molar-refractivity contribution < 1.29 is 19.0 Å². The number of hydrogen-bond donors (Lipinski definition) is 1. The summed E-state index contributed by atoms with van der Waals surface area (Å²) in [6.45, 7) is 7.51. The van der Waals surface area contributed by atoms with Crippen molar-refractivity contribution in [2.75, 3.05) is 52.6 Å². The number of imidazole rings is 1. The maximum atomic E-state index is 13.2. The van der Waals surface area contributed by atoms with Gasteiger partial charge in [-0.3, -0.25) is 9.69 Å². The zero-order chi connectivity index (χ0) is 23.8. The van der Waals surface area contributed by atoms with E-state index in [1.165, 1.54) is 0 Å². The van der Waals surface area contributed by atoms with Gasteiger partial charge in [-0.15, -0.1) is 0 Å². The summed E-state index contributed by atoms with van der Waals surface area (Å²) in [5.41, 5.74) is 0.346. The Bertz CT molecular complexity index is 916. The molecule has 1 amide bonds. The zero-order valence-electron chi connectivity index (χ0n) is 19.9. The van der Waals surface area contributed by atoms with Gasteiger partial charge in [-0.2, -0.15) is 0 Å². The second kappa shape index (κ2) is 12.0. The third-order valence-corrected chi connectivity index (χ3v) is 6.57. The van der Waals surface area contributed by atoms with Gasteiger partial charge in [0.05, 0.1) is 26.2 Å². The second-order valence-electron chi connectivity index (χ2n) is 9.11. The molecule has 0 spiro atoms. The molecule has 1 aromatic carbocycles. The Labute approximate surface area is 206 Å². The van der Waals surface area contributed by atoms with Crippen LogP contribution in [-0.4, -0.2) is 83.9 Å². The number of hydrogen-bond acceptors (Lipinski definition) is 6. The van der Waals surface area contributed by atoms with E-state index in [0.29, 0.717) is 50.2 Å². The quantitative estimate of drug-likeness (QED) is 0.550. The molecule has 8 nitrogen and oxygen atoms in total. The van der Waals surface area contributed by atoms with Gasteiger partial charge in [0, 0.05) is 56.1 Å². The average molecular weight is 491 g/mol. The Morgan fingerprint density at radius 3 is 2.76 bits per heavy atom. The van der Waals surface area contributed by atoms with E-state index in [1.54, 1.807) is 12.1 Å². The highest BCUT2D eigenvalue weighted by Gasteiger charge is 2.41. The molecular weight excluding hydrogens is 456 g/mol. The number of ether oxygens (including phenoxy) is 3. The molecule has 0 bridgehead atoms. The lowest BCUT2D eigenvalue weighted by molar-refractivity contribution is -0.159. The first kappa shape index (κ1) is 25.0. The van der Waals surface area contributed by atoms with Gasteiger partial charge in [0.1, 0.15) is 23.8 Å². The molecule has 0 saturated carbocycles. The van der Waals surface area contributed by atoms with Crippen LogP contribution in [0.15, 0.2) is 30.5 Å². The number of carbonyl (C=O) groups is 1. The van der Waals surface area contributed by atoms with Crippen LogP contribution in [0.25, 0.3) is 0 Å². The molecule has 0 unspecified atom stereocenters. The van der Waals surface area contributed by atoms with E-state index >= 15 is 0 Å². The first-order valence-corrected chi connectivity index (χ1v) is 12.6. The zero-order valence-corrected chi connectivity index (χ0v) is 20.7. The van der Waals surface area contributed by atoms with Gasteiger partial charge < -0.3 is 24.1 Å². The molecule has 9 heteroatoms. The number of benzene rings is 1. The van der Waals surface area contributed by atoms with Gasteiger partial charge in [-0.05, 0) is 30.7 Å². The van der Waals surface area contributed by atoms with Crippen molar-refractivity contribution in [1.82, 2.24) is 19.8 Å². The number of rotatable bonds is 10. The highest BCUT2D eigenvalue weighted by Crippen LogP contribution is 2.27. The van der Waals surface area contributed by atoms with Gasteiger partial charge in [0.2, 0.25) is 5.91 Å². The fourth-order valence-electron chi connectivity index (χ4n) is 4.45. The number of aryl methyl sites for hydroxylation is 1. The van der Waals surface area contributed by atoms with Crippen molar-refractivity contribution in [3.8, 4) is 5.75 Å². The Morgan fingerprint density at radius 1 is 1.21 bits per heavy atom. The van der Waals surface area contributed by atoms with Crippen molar-refractivity contribution in [3.05, 3.63) is 47.0 Å². The van der Waals surface area contributed by atoms with Gasteiger partial charge in [-0.25, -0.2) is 4.98 Å². The van der Waals surface area contributed by atoms with Crippen LogP contribution in [0.4, 0.5) is 0 Å². The molecule has 2 aliphatic heterocycles. The molecule has 0 radical (unpaired) electrons. The maximum absolute atomic E-state index is 13.2. The molecule has 2 fully saturated rings. The van der Waals surface area contributed by atoms with Crippen molar-refractivity contribution in [2.24, 2.45) is 0 Å². The smallest absolute Gasteiger partial charge is 0.225 e. The SMILES string of the molecule is CCCCc1ncc(CN2CCO[C@](COc3ccc(Cl)cc3)(CC(=O)N3CCOCC3)C2)[nH]1. The van der Waals surface area contributed by atoms with Crippen LogP contribution < -0.4 is 4.74 Å². The summed E-state index contributed by atoms with van der Waals surface area (Å²) in [4.78, 5) is 25.3. The third-order valence-electron chi connectivity index (χ3n) is 6.32.